The lowest BCUT2D eigenvalue weighted by atomic mass is 9.75. The summed E-state index contributed by atoms with van der Waals surface area (Å²) in [5.74, 6) is 1.32. The molecular weight excluding hydrogens is 416 g/mol. The van der Waals surface area contributed by atoms with Crippen LogP contribution in [-0.4, -0.2) is 16.0 Å². The van der Waals surface area contributed by atoms with Gasteiger partial charge in [-0.15, -0.1) is 11.8 Å². The molecule has 5 rings (SSSR count). The van der Waals surface area contributed by atoms with Gasteiger partial charge in [-0.2, -0.15) is 0 Å². The molecule has 1 fully saturated rings. The summed E-state index contributed by atoms with van der Waals surface area (Å²) in [5.41, 5.74) is 3.74. The summed E-state index contributed by atoms with van der Waals surface area (Å²) in [6, 6.07) is 26.0. The summed E-state index contributed by atoms with van der Waals surface area (Å²) in [5, 5.41) is 0. The highest BCUT2D eigenvalue weighted by Crippen LogP contribution is 2.55. The molecule has 0 bridgehead atoms. The highest BCUT2D eigenvalue weighted by Gasteiger charge is 2.49. The smallest absolute Gasteiger partial charge is 0.201 e. The van der Waals surface area contributed by atoms with Crippen LogP contribution in [0.2, 0.25) is 0 Å². The van der Waals surface area contributed by atoms with Gasteiger partial charge >= 0.3 is 0 Å². The van der Waals surface area contributed by atoms with E-state index in [0.717, 1.165) is 24.2 Å². The highest BCUT2D eigenvalue weighted by atomic mass is 32.2. The Labute approximate surface area is 194 Å². The van der Waals surface area contributed by atoms with Gasteiger partial charge in [-0.3, -0.25) is 4.79 Å². The quantitative estimate of drug-likeness (QED) is 0.414. The Kier molecular flexibility index (Phi) is 5.83. The van der Waals surface area contributed by atoms with Crippen LogP contribution < -0.4 is 4.74 Å². The lowest BCUT2D eigenvalue weighted by molar-refractivity contribution is -0.0278. The second-order valence-corrected chi connectivity index (χ2v) is 10.8. The fourth-order valence-corrected chi connectivity index (χ4v) is 6.30. The molecule has 0 saturated carbocycles. The van der Waals surface area contributed by atoms with Crippen LogP contribution in [0.3, 0.4) is 0 Å². The molecule has 0 amide bonds. The van der Waals surface area contributed by atoms with E-state index < -0.39 is 5.44 Å². The molecule has 1 aliphatic carbocycles. The van der Waals surface area contributed by atoms with Gasteiger partial charge in [0.25, 0.3) is 0 Å². The second kappa shape index (κ2) is 8.76. The molecule has 3 atom stereocenters. The SMILES string of the molecule is CC1(C)S[C@H](C(=O)c2ccccc2)O[C@@H]2c3cccc(OCc4ccccc4)c3CC[C@@H]21. The highest BCUT2D eigenvalue weighted by molar-refractivity contribution is 8.01. The van der Waals surface area contributed by atoms with E-state index in [1.807, 2.05) is 54.6 Å². The summed E-state index contributed by atoms with van der Waals surface area (Å²) in [6.07, 6.45) is 1.88. The number of carbonyl (C=O) groups is 1. The number of fused-ring (bicyclic) bond motifs is 3. The van der Waals surface area contributed by atoms with Crippen LogP contribution in [0.25, 0.3) is 0 Å². The first-order valence-electron chi connectivity index (χ1n) is 11.2. The molecule has 4 heteroatoms. The van der Waals surface area contributed by atoms with Crippen LogP contribution in [0.1, 0.15) is 53.4 Å². The average Bonchev–Trinajstić information content (AvgIpc) is 2.82. The van der Waals surface area contributed by atoms with E-state index in [0.29, 0.717) is 18.1 Å². The largest absolute Gasteiger partial charge is 0.489 e. The third kappa shape index (κ3) is 4.10. The van der Waals surface area contributed by atoms with Gasteiger partial charge in [0.1, 0.15) is 12.4 Å². The van der Waals surface area contributed by atoms with E-state index in [9.17, 15) is 4.79 Å². The van der Waals surface area contributed by atoms with Crippen LogP contribution >= 0.6 is 11.8 Å². The molecule has 32 heavy (non-hydrogen) atoms. The Bertz CT molecular complexity index is 1090. The topological polar surface area (TPSA) is 35.5 Å². The van der Waals surface area contributed by atoms with Gasteiger partial charge < -0.3 is 9.47 Å². The number of Topliss-reactive ketones (excluding diaryl/α,β-unsaturated/α-hetero) is 1. The number of ether oxygens (including phenoxy) is 2. The van der Waals surface area contributed by atoms with Crippen LogP contribution in [0, 0.1) is 5.92 Å². The van der Waals surface area contributed by atoms with E-state index in [2.05, 4.69) is 38.1 Å². The first-order chi connectivity index (χ1) is 15.5. The van der Waals surface area contributed by atoms with Crippen LogP contribution in [0.15, 0.2) is 78.9 Å². The van der Waals surface area contributed by atoms with Crippen molar-refractivity contribution in [2.24, 2.45) is 5.92 Å². The Morgan fingerprint density at radius 1 is 1.00 bits per heavy atom. The van der Waals surface area contributed by atoms with Crippen molar-refractivity contribution in [2.75, 3.05) is 0 Å². The van der Waals surface area contributed by atoms with E-state index >= 15 is 0 Å². The maximum Gasteiger partial charge on any atom is 0.201 e. The number of rotatable bonds is 5. The second-order valence-electron chi connectivity index (χ2n) is 9.08. The van der Waals surface area contributed by atoms with Crippen molar-refractivity contribution in [1.29, 1.82) is 0 Å². The lowest BCUT2D eigenvalue weighted by Crippen LogP contribution is -2.46. The van der Waals surface area contributed by atoms with Gasteiger partial charge in [0.15, 0.2) is 5.44 Å². The molecule has 0 radical (unpaired) electrons. The van der Waals surface area contributed by atoms with E-state index in [1.165, 1.54) is 11.1 Å². The van der Waals surface area contributed by atoms with Crippen molar-refractivity contribution < 1.29 is 14.3 Å². The van der Waals surface area contributed by atoms with Crippen molar-refractivity contribution in [3.05, 3.63) is 101 Å². The molecule has 3 aromatic rings. The van der Waals surface area contributed by atoms with Crippen LogP contribution in [0.5, 0.6) is 5.75 Å². The molecule has 3 aromatic carbocycles. The fraction of sp³-hybridized carbons (Fsp3) is 0.321. The van der Waals surface area contributed by atoms with Crippen LogP contribution in [-0.2, 0) is 17.8 Å². The first kappa shape index (κ1) is 21.3. The maximum absolute atomic E-state index is 13.2. The number of carbonyl (C=O) groups excluding carboxylic acids is 1. The Balaban J connectivity index is 1.43. The number of hydrogen-bond acceptors (Lipinski definition) is 4. The van der Waals surface area contributed by atoms with Crippen molar-refractivity contribution in [1.82, 2.24) is 0 Å². The number of ketones is 1. The van der Waals surface area contributed by atoms with Gasteiger partial charge in [-0.1, -0.05) is 86.6 Å². The maximum atomic E-state index is 13.2. The van der Waals surface area contributed by atoms with Gasteiger partial charge in [-0.25, -0.2) is 0 Å². The predicted octanol–water partition coefficient (Wildman–Crippen LogP) is 6.62. The molecule has 164 valence electrons. The molecule has 1 saturated heterocycles. The monoisotopic (exact) mass is 444 g/mol. The Hall–Kier alpha value is -2.56. The van der Waals surface area contributed by atoms with Crippen LogP contribution in [0.4, 0.5) is 0 Å². The lowest BCUT2D eigenvalue weighted by Gasteiger charge is -2.49. The molecule has 0 N–H and O–H groups in total. The van der Waals surface area contributed by atoms with E-state index in [1.54, 1.807) is 11.8 Å². The Morgan fingerprint density at radius 2 is 1.72 bits per heavy atom. The van der Waals surface area contributed by atoms with Crippen molar-refractivity contribution >= 4 is 17.5 Å². The van der Waals surface area contributed by atoms with Gasteiger partial charge in [-0.05, 0) is 35.6 Å². The minimum atomic E-state index is -0.506. The van der Waals surface area contributed by atoms with Gasteiger partial charge in [0.05, 0.1) is 6.10 Å². The van der Waals surface area contributed by atoms with E-state index in [-0.39, 0.29) is 16.6 Å². The minimum absolute atomic E-state index is 0.0470. The molecule has 1 heterocycles. The fourth-order valence-electron chi connectivity index (χ4n) is 4.91. The molecule has 3 nitrogen and oxygen atoms in total. The molecule has 0 aromatic heterocycles. The third-order valence-corrected chi connectivity index (χ3v) is 8.08. The summed E-state index contributed by atoms with van der Waals surface area (Å²) >= 11 is 1.66. The minimum Gasteiger partial charge on any atom is -0.489 e. The summed E-state index contributed by atoms with van der Waals surface area (Å²) < 4.78 is 12.7. The number of hydrogen-bond donors (Lipinski definition) is 0. The molecular formula is C28H28O3S. The predicted molar refractivity (Wildman–Crippen MR) is 129 cm³/mol. The average molecular weight is 445 g/mol. The number of benzene rings is 3. The molecule has 0 unspecified atom stereocenters. The zero-order valence-corrected chi connectivity index (χ0v) is 19.3. The zero-order chi connectivity index (χ0) is 22.1. The summed E-state index contributed by atoms with van der Waals surface area (Å²) in [4.78, 5) is 13.2. The molecule has 1 aliphatic heterocycles. The Morgan fingerprint density at radius 3 is 2.47 bits per heavy atom. The van der Waals surface area contributed by atoms with E-state index in [4.69, 9.17) is 9.47 Å². The summed E-state index contributed by atoms with van der Waals surface area (Å²) in [7, 11) is 0. The normalized spacial score (nSPS) is 23.6. The molecule has 0 spiro atoms. The number of thioether (sulfide) groups is 1. The zero-order valence-electron chi connectivity index (χ0n) is 18.5. The third-order valence-electron chi connectivity index (χ3n) is 6.63. The first-order valence-corrected chi connectivity index (χ1v) is 12.1. The standard InChI is InChI=1S/C28H28O3S/c1-28(2)23-17-16-21-22(14-9-15-24(21)30-18-19-10-5-3-6-11-19)26(23)31-27(32-28)25(29)20-12-7-4-8-13-20/h3-15,23,26-27H,16-18H2,1-2H3/t23-,26+,27+/m0/s1. The molecule has 2 aliphatic rings. The van der Waals surface area contributed by atoms with Crippen molar-refractivity contribution in [2.45, 2.75) is 49.6 Å². The van der Waals surface area contributed by atoms with Gasteiger partial charge in [0, 0.05) is 16.2 Å². The van der Waals surface area contributed by atoms with Crippen molar-refractivity contribution in [3.63, 3.8) is 0 Å². The van der Waals surface area contributed by atoms with Gasteiger partial charge in [0.2, 0.25) is 5.78 Å². The van der Waals surface area contributed by atoms with Crippen molar-refractivity contribution in [3.8, 4) is 5.75 Å². The summed E-state index contributed by atoms with van der Waals surface area (Å²) in [6.45, 7) is 5.05.